The van der Waals surface area contributed by atoms with Crippen molar-refractivity contribution in [2.24, 2.45) is 0 Å². The Morgan fingerprint density at radius 1 is 1.00 bits per heavy atom. The molecule has 0 spiro atoms. The van der Waals surface area contributed by atoms with Crippen LogP contribution in [0.25, 0.3) is 0 Å². The molecule has 6 heteroatoms. The molecule has 0 unspecified atom stereocenters. The van der Waals surface area contributed by atoms with Crippen LogP contribution in [-0.2, 0) is 9.53 Å². The first-order valence-corrected chi connectivity index (χ1v) is 9.72. The van der Waals surface area contributed by atoms with E-state index < -0.39 is 0 Å². The topological polar surface area (TPSA) is 70.7 Å². The van der Waals surface area contributed by atoms with Gasteiger partial charge in [0.25, 0.3) is 5.91 Å². The molecular weight excluding hydrogens is 354 g/mol. The Morgan fingerprint density at radius 2 is 1.71 bits per heavy atom. The largest absolute Gasteiger partial charge is 0.371 e. The smallest absolute Gasteiger partial charge is 0.251 e. The second kappa shape index (κ2) is 8.54. The first-order chi connectivity index (χ1) is 13.7. The van der Waals surface area contributed by atoms with Crippen molar-refractivity contribution < 1.29 is 14.3 Å². The lowest BCUT2D eigenvalue weighted by Gasteiger charge is -2.35. The van der Waals surface area contributed by atoms with Crippen LogP contribution < -0.4 is 10.6 Å². The molecule has 28 heavy (non-hydrogen) atoms. The fraction of sp³-hybridized carbons (Fsp3) is 0.364. The van der Waals surface area contributed by atoms with Gasteiger partial charge in [0.15, 0.2) is 0 Å². The number of amides is 2. The normalized spacial score (nSPS) is 24.4. The van der Waals surface area contributed by atoms with Gasteiger partial charge in [-0.25, -0.2) is 0 Å². The highest BCUT2D eigenvalue weighted by Crippen LogP contribution is 2.30. The van der Waals surface area contributed by atoms with E-state index in [1.807, 2.05) is 24.3 Å². The van der Waals surface area contributed by atoms with Crippen molar-refractivity contribution in [3.05, 3.63) is 71.8 Å². The minimum Gasteiger partial charge on any atom is -0.371 e. The maximum Gasteiger partial charge on any atom is 0.251 e. The monoisotopic (exact) mass is 379 g/mol. The first kappa shape index (κ1) is 18.7. The van der Waals surface area contributed by atoms with Gasteiger partial charge >= 0.3 is 0 Å². The Balaban J connectivity index is 1.24. The summed E-state index contributed by atoms with van der Waals surface area (Å²) >= 11 is 0. The highest BCUT2D eigenvalue weighted by molar-refractivity contribution is 5.96. The van der Waals surface area contributed by atoms with Gasteiger partial charge in [0, 0.05) is 30.7 Å². The third kappa shape index (κ3) is 4.40. The summed E-state index contributed by atoms with van der Waals surface area (Å²) in [5.41, 5.74) is 1.74. The molecule has 2 fully saturated rings. The number of carbonyl (C=O) groups is 2. The maximum atomic E-state index is 12.3. The lowest BCUT2D eigenvalue weighted by atomic mass is 10.1. The number of rotatable bonds is 5. The van der Waals surface area contributed by atoms with Crippen LogP contribution >= 0.6 is 0 Å². The van der Waals surface area contributed by atoms with E-state index >= 15 is 0 Å². The van der Waals surface area contributed by atoms with E-state index in [1.165, 1.54) is 5.56 Å². The number of ether oxygens (including phenoxy) is 1. The summed E-state index contributed by atoms with van der Waals surface area (Å²) in [6.07, 6.45) is 0.955. The number of nitrogens with one attached hydrogen (secondary N) is 2. The standard InChI is InChI=1S/C22H25N3O3/c26-21(12-23-22(27)17-9-5-2-6-10-17)24-18-11-19-15-28-20(14-25(19)13-18)16-7-3-1-4-8-16/h1-10,18-20H,11-15H2,(H,23,27)(H,24,26)/t18-,19-,20+/m0/s1. The van der Waals surface area contributed by atoms with Gasteiger partial charge < -0.3 is 15.4 Å². The Labute approximate surface area is 164 Å². The summed E-state index contributed by atoms with van der Waals surface area (Å²) in [6.45, 7) is 2.32. The van der Waals surface area contributed by atoms with Crippen LogP contribution in [0.4, 0.5) is 0 Å². The molecule has 0 saturated carbocycles. The van der Waals surface area contributed by atoms with Crippen LogP contribution in [0.2, 0.25) is 0 Å². The summed E-state index contributed by atoms with van der Waals surface area (Å²) in [6, 6.07) is 19.6. The quantitative estimate of drug-likeness (QED) is 0.830. The van der Waals surface area contributed by atoms with Crippen molar-refractivity contribution in [3.63, 3.8) is 0 Å². The third-order valence-corrected chi connectivity index (χ3v) is 5.40. The van der Waals surface area contributed by atoms with Gasteiger partial charge in [0.05, 0.1) is 19.3 Å². The molecule has 146 valence electrons. The van der Waals surface area contributed by atoms with Crippen molar-refractivity contribution in [2.75, 3.05) is 26.2 Å². The molecule has 2 aromatic carbocycles. The van der Waals surface area contributed by atoms with E-state index in [2.05, 4.69) is 27.7 Å². The highest BCUT2D eigenvalue weighted by Gasteiger charge is 2.38. The van der Waals surface area contributed by atoms with Crippen molar-refractivity contribution in [1.82, 2.24) is 15.5 Å². The average Bonchev–Trinajstić information content (AvgIpc) is 3.14. The molecule has 3 atom stereocenters. The second-order valence-corrected chi connectivity index (χ2v) is 7.39. The Hall–Kier alpha value is -2.70. The molecule has 2 aromatic rings. The molecule has 2 amide bonds. The number of benzene rings is 2. The molecule has 0 bridgehead atoms. The minimum absolute atomic E-state index is 0.0158. The Bertz CT molecular complexity index is 812. The molecule has 2 aliphatic rings. The molecule has 2 N–H and O–H groups in total. The Kier molecular flexibility index (Phi) is 5.69. The van der Waals surface area contributed by atoms with E-state index in [1.54, 1.807) is 24.3 Å². The summed E-state index contributed by atoms with van der Waals surface area (Å²) in [7, 11) is 0. The van der Waals surface area contributed by atoms with Crippen molar-refractivity contribution >= 4 is 11.8 Å². The first-order valence-electron chi connectivity index (χ1n) is 9.72. The molecule has 4 rings (SSSR count). The minimum atomic E-state index is -0.237. The lowest BCUT2D eigenvalue weighted by Crippen LogP contribution is -2.44. The number of morpholine rings is 1. The van der Waals surface area contributed by atoms with Crippen LogP contribution in [0.15, 0.2) is 60.7 Å². The van der Waals surface area contributed by atoms with Crippen LogP contribution in [0, 0.1) is 0 Å². The van der Waals surface area contributed by atoms with E-state index in [0.29, 0.717) is 18.2 Å². The summed E-state index contributed by atoms with van der Waals surface area (Å²) < 4.78 is 6.05. The number of nitrogens with zero attached hydrogens (tertiary/aromatic N) is 1. The fourth-order valence-corrected chi connectivity index (χ4v) is 3.98. The van der Waals surface area contributed by atoms with Crippen LogP contribution in [0.3, 0.4) is 0 Å². The average molecular weight is 379 g/mol. The number of fused-ring (bicyclic) bond motifs is 1. The van der Waals surface area contributed by atoms with Crippen LogP contribution in [0.5, 0.6) is 0 Å². The molecule has 6 nitrogen and oxygen atoms in total. The SMILES string of the molecule is O=C(CNC(=O)c1ccccc1)N[C@H]1C[C@H]2CO[C@@H](c3ccccc3)CN2C1. The number of hydrogen-bond donors (Lipinski definition) is 2. The van der Waals surface area contributed by atoms with E-state index in [4.69, 9.17) is 4.74 Å². The summed E-state index contributed by atoms with van der Waals surface area (Å²) in [4.78, 5) is 26.7. The molecule has 0 aliphatic carbocycles. The predicted octanol–water partition coefficient (Wildman–Crippen LogP) is 1.75. The zero-order valence-electron chi connectivity index (χ0n) is 15.7. The second-order valence-electron chi connectivity index (χ2n) is 7.39. The van der Waals surface area contributed by atoms with Gasteiger partial charge in [-0.15, -0.1) is 0 Å². The number of hydrogen-bond acceptors (Lipinski definition) is 4. The van der Waals surface area contributed by atoms with Crippen molar-refractivity contribution in [2.45, 2.75) is 24.6 Å². The molecule has 2 aliphatic heterocycles. The van der Waals surface area contributed by atoms with Gasteiger partial charge in [0.1, 0.15) is 0 Å². The van der Waals surface area contributed by atoms with E-state index in [9.17, 15) is 9.59 Å². The van der Waals surface area contributed by atoms with Gasteiger partial charge in [-0.1, -0.05) is 48.5 Å². The van der Waals surface area contributed by atoms with Gasteiger partial charge in [-0.2, -0.15) is 0 Å². The van der Waals surface area contributed by atoms with Crippen LogP contribution in [0.1, 0.15) is 28.4 Å². The number of carbonyl (C=O) groups excluding carboxylic acids is 2. The molecule has 0 aromatic heterocycles. The van der Waals surface area contributed by atoms with Crippen molar-refractivity contribution in [3.8, 4) is 0 Å². The zero-order chi connectivity index (χ0) is 19.3. The molecule has 2 heterocycles. The van der Waals surface area contributed by atoms with Gasteiger partial charge in [0.2, 0.25) is 5.91 Å². The van der Waals surface area contributed by atoms with Gasteiger partial charge in [-0.3, -0.25) is 14.5 Å². The molecule has 2 saturated heterocycles. The van der Waals surface area contributed by atoms with Gasteiger partial charge in [-0.05, 0) is 24.1 Å². The zero-order valence-corrected chi connectivity index (χ0v) is 15.7. The van der Waals surface area contributed by atoms with Crippen molar-refractivity contribution in [1.29, 1.82) is 0 Å². The third-order valence-electron chi connectivity index (χ3n) is 5.40. The predicted molar refractivity (Wildman–Crippen MR) is 106 cm³/mol. The van der Waals surface area contributed by atoms with E-state index in [-0.39, 0.29) is 30.5 Å². The lowest BCUT2D eigenvalue weighted by molar-refractivity contribution is -0.120. The molecule has 0 radical (unpaired) electrons. The highest BCUT2D eigenvalue weighted by atomic mass is 16.5. The van der Waals surface area contributed by atoms with E-state index in [0.717, 1.165) is 19.5 Å². The Morgan fingerprint density at radius 3 is 2.46 bits per heavy atom. The van der Waals surface area contributed by atoms with Crippen LogP contribution in [-0.4, -0.2) is 55.0 Å². The molecular formula is C22H25N3O3. The summed E-state index contributed by atoms with van der Waals surface area (Å²) in [5, 5.41) is 5.72. The fourth-order valence-electron chi connectivity index (χ4n) is 3.98. The maximum absolute atomic E-state index is 12.3. The summed E-state index contributed by atoms with van der Waals surface area (Å²) in [5.74, 6) is -0.395.